The summed E-state index contributed by atoms with van der Waals surface area (Å²) in [7, 11) is -2.60. The molecule has 1 saturated heterocycles. The van der Waals surface area contributed by atoms with E-state index in [1.54, 1.807) is 0 Å². The van der Waals surface area contributed by atoms with E-state index in [4.69, 9.17) is 4.74 Å². The largest absolute Gasteiger partial charge is 0.495 e. The van der Waals surface area contributed by atoms with Gasteiger partial charge in [-0.25, -0.2) is 12.8 Å². The Labute approximate surface area is 154 Å². The van der Waals surface area contributed by atoms with Crippen molar-refractivity contribution >= 4 is 15.9 Å². The van der Waals surface area contributed by atoms with E-state index in [1.807, 2.05) is 13.8 Å². The van der Waals surface area contributed by atoms with Gasteiger partial charge in [0, 0.05) is 19.1 Å². The summed E-state index contributed by atoms with van der Waals surface area (Å²) in [6.07, 6.45) is 3.06. The van der Waals surface area contributed by atoms with E-state index in [9.17, 15) is 17.6 Å². The summed E-state index contributed by atoms with van der Waals surface area (Å²) in [4.78, 5) is 12.2. The lowest BCUT2D eigenvalue weighted by atomic mass is 9.98. The number of nitrogens with one attached hydrogen (secondary N) is 1. The van der Waals surface area contributed by atoms with Crippen LogP contribution in [-0.2, 0) is 14.8 Å². The molecule has 1 fully saturated rings. The maximum absolute atomic E-state index is 13.6. The molecule has 8 heteroatoms. The number of benzene rings is 1. The smallest absolute Gasteiger partial charge is 0.246 e. The molecule has 146 valence electrons. The number of rotatable bonds is 7. The van der Waals surface area contributed by atoms with Gasteiger partial charge in [-0.1, -0.05) is 13.3 Å². The van der Waals surface area contributed by atoms with E-state index in [1.165, 1.54) is 17.5 Å². The van der Waals surface area contributed by atoms with Gasteiger partial charge in [-0.2, -0.15) is 4.31 Å². The van der Waals surface area contributed by atoms with Crippen LogP contribution in [0.15, 0.2) is 23.1 Å². The Kier molecular flexibility index (Phi) is 7.00. The predicted octanol–water partition coefficient (Wildman–Crippen LogP) is 2.54. The van der Waals surface area contributed by atoms with Crippen molar-refractivity contribution in [2.24, 2.45) is 5.92 Å². The number of hydrogen-bond acceptors (Lipinski definition) is 4. The van der Waals surface area contributed by atoms with Crippen LogP contribution in [0.3, 0.4) is 0 Å². The van der Waals surface area contributed by atoms with Crippen LogP contribution < -0.4 is 10.1 Å². The molecule has 26 heavy (non-hydrogen) atoms. The molecule has 0 unspecified atom stereocenters. The van der Waals surface area contributed by atoms with Crippen LogP contribution in [0.2, 0.25) is 0 Å². The van der Waals surface area contributed by atoms with Gasteiger partial charge < -0.3 is 10.1 Å². The van der Waals surface area contributed by atoms with Crippen LogP contribution in [0.5, 0.6) is 5.75 Å². The molecule has 0 spiro atoms. The van der Waals surface area contributed by atoms with E-state index < -0.39 is 21.8 Å². The number of carbonyl (C=O) groups excluding carboxylic acids is 1. The van der Waals surface area contributed by atoms with Crippen molar-refractivity contribution < 1.29 is 22.3 Å². The highest BCUT2D eigenvalue weighted by Gasteiger charge is 2.35. The molecule has 1 aromatic carbocycles. The van der Waals surface area contributed by atoms with Gasteiger partial charge in [-0.3, -0.25) is 4.79 Å². The maximum Gasteiger partial charge on any atom is 0.246 e. The molecule has 0 radical (unpaired) electrons. The van der Waals surface area contributed by atoms with E-state index in [-0.39, 0.29) is 29.1 Å². The summed E-state index contributed by atoms with van der Waals surface area (Å²) in [5, 5.41) is 2.95. The summed E-state index contributed by atoms with van der Waals surface area (Å²) in [5.74, 6) is -1.09. The van der Waals surface area contributed by atoms with Crippen LogP contribution >= 0.6 is 0 Å². The SMILES string of the molecule is CCC[C@@H](C)NC(=O)[C@H]1CCCN(S(=O)(=O)c2cc(F)ccc2OC)C1. The van der Waals surface area contributed by atoms with Crippen molar-refractivity contribution in [3.05, 3.63) is 24.0 Å². The molecular formula is C18H27FN2O4S. The summed E-state index contributed by atoms with van der Waals surface area (Å²) in [6, 6.07) is 3.46. The molecule has 2 rings (SSSR count). The molecule has 2 atom stereocenters. The molecule has 1 amide bonds. The molecule has 6 nitrogen and oxygen atoms in total. The fourth-order valence-electron chi connectivity index (χ4n) is 3.23. The van der Waals surface area contributed by atoms with Crippen LogP contribution in [0.4, 0.5) is 4.39 Å². The number of carbonyl (C=O) groups is 1. The van der Waals surface area contributed by atoms with Crippen molar-refractivity contribution in [3.63, 3.8) is 0 Å². The molecule has 0 aliphatic carbocycles. The minimum absolute atomic E-state index is 0.0581. The summed E-state index contributed by atoms with van der Waals surface area (Å²) in [5.41, 5.74) is 0. The van der Waals surface area contributed by atoms with Crippen molar-refractivity contribution in [2.45, 2.75) is 50.5 Å². The molecular weight excluding hydrogens is 359 g/mol. The third-order valence-electron chi connectivity index (χ3n) is 4.61. The topological polar surface area (TPSA) is 75.7 Å². The minimum atomic E-state index is -3.94. The Balaban J connectivity index is 2.18. The van der Waals surface area contributed by atoms with Gasteiger partial charge in [0.15, 0.2) is 0 Å². The van der Waals surface area contributed by atoms with Crippen LogP contribution in [-0.4, -0.2) is 44.9 Å². The van der Waals surface area contributed by atoms with Gasteiger partial charge in [0.2, 0.25) is 15.9 Å². The lowest BCUT2D eigenvalue weighted by Gasteiger charge is -2.32. The number of amides is 1. The zero-order chi connectivity index (χ0) is 19.3. The molecule has 1 N–H and O–H groups in total. The molecule has 0 saturated carbocycles. The monoisotopic (exact) mass is 386 g/mol. The average molecular weight is 386 g/mol. The Morgan fingerprint density at radius 2 is 2.19 bits per heavy atom. The maximum atomic E-state index is 13.6. The zero-order valence-corrected chi connectivity index (χ0v) is 16.3. The Hall–Kier alpha value is -1.67. The summed E-state index contributed by atoms with van der Waals surface area (Å²) < 4.78 is 45.9. The number of methoxy groups -OCH3 is 1. The highest BCUT2D eigenvalue weighted by atomic mass is 32.2. The van der Waals surface area contributed by atoms with Crippen molar-refractivity contribution in [2.75, 3.05) is 20.2 Å². The lowest BCUT2D eigenvalue weighted by Crippen LogP contribution is -2.47. The standard InChI is InChI=1S/C18H27FN2O4S/c1-4-6-13(2)20-18(22)14-7-5-10-21(12-14)26(23,24)17-11-15(19)8-9-16(17)25-3/h8-9,11,13-14H,4-7,10,12H2,1-3H3,(H,20,22)/t13-,14+/m1/s1. The average Bonchev–Trinajstić information content (AvgIpc) is 2.62. The van der Waals surface area contributed by atoms with E-state index >= 15 is 0 Å². The first-order valence-corrected chi connectivity index (χ1v) is 10.4. The van der Waals surface area contributed by atoms with Crippen molar-refractivity contribution in [1.29, 1.82) is 0 Å². The number of hydrogen-bond donors (Lipinski definition) is 1. The highest BCUT2D eigenvalue weighted by molar-refractivity contribution is 7.89. The van der Waals surface area contributed by atoms with Crippen molar-refractivity contribution in [1.82, 2.24) is 9.62 Å². The fraction of sp³-hybridized carbons (Fsp3) is 0.611. The Morgan fingerprint density at radius 3 is 2.85 bits per heavy atom. The zero-order valence-electron chi connectivity index (χ0n) is 15.5. The number of ether oxygens (including phenoxy) is 1. The molecule has 0 bridgehead atoms. The molecule has 1 aliphatic rings. The molecule has 0 aromatic heterocycles. The second-order valence-corrected chi connectivity index (χ2v) is 8.60. The first-order chi connectivity index (χ1) is 12.3. The van der Waals surface area contributed by atoms with Gasteiger partial charge in [0.05, 0.1) is 13.0 Å². The summed E-state index contributed by atoms with van der Waals surface area (Å²) >= 11 is 0. The Morgan fingerprint density at radius 1 is 1.46 bits per heavy atom. The predicted molar refractivity (Wildman–Crippen MR) is 96.9 cm³/mol. The third kappa shape index (κ3) is 4.73. The molecule has 1 aliphatic heterocycles. The second-order valence-electron chi connectivity index (χ2n) is 6.70. The van der Waals surface area contributed by atoms with Crippen LogP contribution in [0, 0.1) is 11.7 Å². The Bertz CT molecular complexity index is 739. The normalized spacial score (nSPS) is 19.8. The minimum Gasteiger partial charge on any atom is -0.495 e. The van der Waals surface area contributed by atoms with Gasteiger partial charge in [-0.15, -0.1) is 0 Å². The number of piperidine rings is 1. The van der Waals surface area contributed by atoms with Crippen LogP contribution in [0.1, 0.15) is 39.5 Å². The fourth-order valence-corrected chi connectivity index (χ4v) is 4.92. The van der Waals surface area contributed by atoms with Crippen LogP contribution in [0.25, 0.3) is 0 Å². The number of sulfonamides is 1. The molecule has 1 heterocycles. The lowest BCUT2D eigenvalue weighted by molar-refractivity contribution is -0.126. The van der Waals surface area contributed by atoms with Gasteiger partial charge in [0.1, 0.15) is 16.5 Å². The third-order valence-corrected chi connectivity index (χ3v) is 6.50. The van der Waals surface area contributed by atoms with E-state index in [0.717, 1.165) is 25.0 Å². The first kappa shape index (κ1) is 20.6. The summed E-state index contributed by atoms with van der Waals surface area (Å²) in [6.45, 7) is 4.38. The van der Waals surface area contributed by atoms with Gasteiger partial charge >= 0.3 is 0 Å². The number of nitrogens with zero attached hydrogens (tertiary/aromatic N) is 1. The number of halogens is 1. The van der Waals surface area contributed by atoms with Crippen molar-refractivity contribution in [3.8, 4) is 5.75 Å². The van der Waals surface area contributed by atoms with E-state index in [2.05, 4.69) is 5.32 Å². The highest BCUT2D eigenvalue weighted by Crippen LogP contribution is 2.30. The second kappa shape index (κ2) is 8.81. The van der Waals surface area contributed by atoms with E-state index in [0.29, 0.717) is 19.4 Å². The quantitative estimate of drug-likeness (QED) is 0.781. The molecule has 1 aromatic rings. The van der Waals surface area contributed by atoms with Gasteiger partial charge in [-0.05, 0) is 44.4 Å². The first-order valence-electron chi connectivity index (χ1n) is 8.93. The van der Waals surface area contributed by atoms with Gasteiger partial charge in [0.25, 0.3) is 0 Å².